The Bertz CT molecular complexity index is 1320. The van der Waals surface area contributed by atoms with Gasteiger partial charge >= 0.3 is 0 Å². The van der Waals surface area contributed by atoms with Crippen LogP contribution in [0.3, 0.4) is 0 Å². The summed E-state index contributed by atoms with van der Waals surface area (Å²) in [6.45, 7) is 1.89. The number of aryl methyl sites for hydroxylation is 1. The number of hydrogen-bond donors (Lipinski definition) is 0. The Kier molecular flexibility index (Phi) is 4.40. The molecule has 144 valence electrons. The summed E-state index contributed by atoms with van der Waals surface area (Å²) < 4.78 is 20.7. The fourth-order valence-electron chi connectivity index (χ4n) is 3.11. The normalized spacial score (nSPS) is 11.4. The molecule has 4 heterocycles. The summed E-state index contributed by atoms with van der Waals surface area (Å²) in [7, 11) is 1.91. The van der Waals surface area contributed by atoms with Gasteiger partial charge in [-0.3, -0.25) is 0 Å². The van der Waals surface area contributed by atoms with Crippen LogP contribution < -0.4 is 0 Å². The van der Waals surface area contributed by atoms with Crippen LogP contribution >= 0.6 is 23.1 Å². The SMILES string of the molecule is Cc1occc1-c1nnc(Sc2ncnc3scc(-c4ccc(F)cc4)c23)n1C. The van der Waals surface area contributed by atoms with Crippen molar-refractivity contribution in [2.24, 2.45) is 7.05 Å². The molecule has 6 nitrogen and oxygen atoms in total. The molecule has 0 fully saturated rings. The maximum atomic E-state index is 13.3. The maximum absolute atomic E-state index is 13.3. The lowest BCUT2D eigenvalue weighted by atomic mass is 10.1. The van der Waals surface area contributed by atoms with Crippen LogP contribution in [0.15, 0.2) is 62.9 Å². The van der Waals surface area contributed by atoms with E-state index in [4.69, 9.17) is 4.42 Å². The van der Waals surface area contributed by atoms with Crippen LogP contribution in [0, 0.1) is 12.7 Å². The standard InChI is InChI=1S/C20H14FN5OS2/c1-11-14(7-8-27-11)17-24-25-20(26(17)2)29-19-16-15(9-28-18(16)22-10-23-19)12-3-5-13(21)6-4-12/h3-10H,1-2H3. The molecule has 0 saturated heterocycles. The van der Waals surface area contributed by atoms with Gasteiger partial charge in [0.15, 0.2) is 11.0 Å². The Morgan fingerprint density at radius 2 is 1.90 bits per heavy atom. The summed E-state index contributed by atoms with van der Waals surface area (Å²) in [5.74, 6) is 1.26. The zero-order chi connectivity index (χ0) is 20.0. The van der Waals surface area contributed by atoms with Crippen molar-refractivity contribution >= 4 is 33.3 Å². The molecule has 0 aliphatic carbocycles. The van der Waals surface area contributed by atoms with Gasteiger partial charge in [0.1, 0.15) is 27.8 Å². The highest BCUT2D eigenvalue weighted by molar-refractivity contribution is 7.99. The molecule has 0 bridgehead atoms. The van der Waals surface area contributed by atoms with Gasteiger partial charge in [0.2, 0.25) is 0 Å². The first kappa shape index (κ1) is 18.0. The Hall–Kier alpha value is -3.04. The van der Waals surface area contributed by atoms with Gasteiger partial charge in [-0.25, -0.2) is 14.4 Å². The third-order valence-corrected chi connectivity index (χ3v) is 6.54. The second-order valence-corrected chi connectivity index (χ2v) is 8.19. The molecule has 1 aromatic carbocycles. The lowest BCUT2D eigenvalue weighted by molar-refractivity contribution is 0.534. The molecule has 4 aromatic heterocycles. The van der Waals surface area contributed by atoms with Gasteiger partial charge in [0.25, 0.3) is 0 Å². The van der Waals surface area contributed by atoms with Gasteiger partial charge < -0.3 is 8.98 Å². The molecule has 5 aromatic rings. The molecule has 29 heavy (non-hydrogen) atoms. The second kappa shape index (κ2) is 7.09. The third kappa shape index (κ3) is 3.12. The minimum absolute atomic E-state index is 0.264. The average Bonchev–Trinajstić information content (AvgIpc) is 3.43. The number of nitrogens with zero attached hydrogens (tertiary/aromatic N) is 5. The van der Waals surface area contributed by atoms with E-state index >= 15 is 0 Å². The van der Waals surface area contributed by atoms with E-state index in [0.29, 0.717) is 5.16 Å². The topological polar surface area (TPSA) is 69.6 Å². The number of fused-ring (bicyclic) bond motifs is 1. The first-order valence-corrected chi connectivity index (χ1v) is 10.4. The fraction of sp³-hybridized carbons (Fsp3) is 0.100. The van der Waals surface area contributed by atoms with Crippen LogP contribution in [0.1, 0.15) is 5.76 Å². The zero-order valence-corrected chi connectivity index (χ0v) is 17.1. The molecule has 0 spiro atoms. The van der Waals surface area contributed by atoms with E-state index in [1.165, 1.54) is 35.2 Å². The highest BCUT2D eigenvalue weighted by atomic mass is 32.2. The third-order valence-electron chi connectivity index (χ3n) is 4.61. The minimum Gasteiger partial charge on any atom is -0.469 e. The van der Waals surface area contributed by atoms with Crippen molar-refractivity contribution in [2.75, 3.05) is 0 Å². The highest BCUT2D eigenvalue weighted by Crippen LogP contribution is 2.40. The van der Waals surface area contributed by atoms with E-state index < -0.39 is 0 Å². The second-order valence-electron chi connectivity index (χ2n) is 6.37. The van der Waals surface area contributed by atoms with Gasteiger partial charge in [0, 0.05) is 18.0 Å². The van der Waals surface area contributed by atoms with Gasteiger partial charge in [-0.15, -0.1) is 21.5 Å². The van der Waals surface area contributed by atoms with Gasteiger partial charge in [0.05, 0.1) is 17.2 Å². The lowest BCUT2D eigenvalue weighted by Gasteiger charge is -2.06. The number of halogens is 1. The van der Waals surface area contributed by atoms with Crippen LogP contribution in [0.2, 0.25) is 0 Å². The van der Waals surface area contributed by atoms with Gasteiger partial charge in [-0.2, -0.15) is 0 Å². The van der Waals surface area contributed by atoms with Crippen LogP contribution in [0.4, 0.5) is 4.39 Å². The first-order chi connectivity index (χ1) is 14.1. The van der Waals surface area contributed by atoms with Gasteiger partial charge in [-0.1, -0.05) is 12.1 Å². The Morgan fingerprint density at radius 1 is 1.07 bits per heavy atom. The van der Waals surface area contributed by atoms with E-state index in [2.05, 4.69) is 20.2 Å². The number of hydrogen-bond acceptors (Lipinski definition) is 7. The van der Waals surface area contributed by atoms with Crippen molar-refractivity contribution in [1.29, 1.82) is 0 Å². The fourth-order valence-corrected chi connectivity index (χ4v) is 4.98. The van der Waals surface area contributed by atoms with Crippen molar-refractivity contribution in [3.05, 3.63) is 59.9 Å². The Morgan fingerprint density at radius 3 is 2.66 bits per heavy atom. The van der Waals surface area contributed by atoms with Crippen LogP contribution in [-0.4, -0.2) is 24.7 Å². The molecule has 5 rings (SSSR count). The Labute approximate surface area is 173 Å². The van der Waals surface area contributed by atoms with E-state index in [1.807, 2.05) is 30.0 Å². The molecule has 0 aliphatic heterocycles. The molecule has 0 N–H and O–H groups in total. The predicted molar refractivity (Wildman–Crippen MR) is 110 cm³/mol. The van der Waals surface area contributed by atoms with E-state index in [1.54, 1.807) is 24.7 Å². The molecule has 0 unspecified atom stereocenters. The summed E-state index contributed by atoms with van der Waals surface area (Å²) in [5.41, 5.74) is 2.80. The minimum atomic E-state index is -0.264. The molecule has 0 aliphatic rings. The van der Waals surface area contributed by atoms with Crippen molar-refractivity contribution in [3.8, 4) is 22.5 Å². The molecule has 9 heteroatoms. The average molecular weight is 423 g/mol. The number of benzene rings is 1. The molecule has 0 saturated carbocycles. The van der Waals surface area contributed by atoms with Crippen molar-refractivity contribution in [1.82, 2.24) is 24.7 Å². The van der Waals surface area contributed by atoms with Gasteiger partial charge in [-0.05, 0) is 42.4 Å². The predicted octanol–water partition coefficient (Wildman–Crippen LogP) is 5.35. The zero-order valence-electron chi connectivity index (χ0n) is 15.5. The number of thiophene rings is 1. The van der Waals surface area contributed by atoms with E-state index in [9.17, 15) is 4.39 Å². The van der Waals surface area contributed by atoms with Crippen molar-refractivity contribution < 1.29 is 8.81 Å². The van der Waals surface area contributed by atoms with Crippen LogP contribution in [-0.2, 0) is 7.05 Å². The van der Waals surface area contributed by atoms with Crippen LogP contribution in [0.5, 0.6) is 0 Å². The summed E-state index contributed by atoms with van der Waals surface area (Å²) in [6, 6.07) is 8.32. The van der Waals surface area contributed by atoms with E-state index in [-0.39, 0.29) is 5.82 Å². The van der Waals surface area contributed by atoms with Crippen LogP contribution in [0.25, 0.3) is 32.7 Å². The van der Waals surface area contributed by atoms with E-state index in [0.717, 1.165) is 43.5 Å². The Balaban J connectivity index is 1.58. The quantitative estimate of drug-likeness (QED) is 0.363. The number of rotatable bonds is 4. The summed E-state index contributed by atoms with van der Waals surface area (Å²) in [6.07, 6.45) is 3.19. The number of aromatic nitrogens is 5. The molecular formula is C20H14FN5OS2. The summed E-state index contributed by atoms with van der Waals surface area (Å²) >= 11 is 2.96. The van der Waals surface area contributed by atoms with Crippen molar-refractivity contribution in [3.63, 3.8) is 0 Å². The smallest absolute Gasteiger partial charge is 0.197 e. The summed E-state index contributed by atoms with van der Waals surface area (Å²) in [4.78, 5) is 9.76. The maximum Gasteiger partial charge on any atom is 0.197 e. The molecule has 0 amide bonds. The molecule has 0 atom stereocenters. The molecule has 0 radical (unpaired) electrons. The largest absolute Gasteiger partial charge is 0.469 e. The highest BCUT2D eigenvalue weighted by Gasteiger charge is 2.19. The lowest BCUT2D eigenvalue weighted by Crippen LogP contribution is -1.95. The first-order valence-electron chi connectivity index (χ1n) is 8.71. The van der Waals surface area contributed by atoms with Crippen molar-refractivity contribution in [2.45, 2.75) is 17.1 Å². The molecular weight excluding hydrogens is 409 g/mol. The summed E-state index contributed by atoms with van der Waals surface area (Å²) in [5, 5.41) is 13.1. The monoisotopic (exact) mass is 423 g/mol. The number of furan rings is 1.